The number of carbonyl (C=O) groups is 2. The first-order valence-electron chi connectivity index (χ1n) is 6.75. The molecule has 1 amide bonds. The van der Waals surface area contributed by atoms with Gasteiger partial charge in [-0.3, -0.25) is 4.79 Å². The third kappa shape index (κ3) is 2.39. The Balaban J connectivity index is 1.94. The molecule has 1 aromatic rings. The van der Waals surface area contributed by atoms with Gasteiger partial charge in [0.15, 0.2) is 0 Å². The molecule has 0 aromatic carbocycles. The van der Waals surface area contributed by atoms with Crippen molar-refractivity contribution in [3.63, 3.8) is 0 Å². The molecule has 1 saturated carbocycles. The van der Waals surface area contributed by atoms with E-state index in [0.717, 1.165) is 42.5 Å². The van der Waals surface area contributed by atoms with Crippen LogP contribution < -0.4 is 5.32 Å². The summed E-state index contributed by atoms with van der Waals surface area (Å²) in [5, 5.41) is 12.8. The molecule has 1 fully saturated rings. The van der Waals surface area contributed by atoms with E-state index in [0.29, 0.717) is 16.5 Å². The van der Waals surface area contributed by atoms with E-state index in [1.54, 1.807) is 0 Å². The maximum atomic E-state index is 11.8. The fourth-order valence-electron chi connectivity index (χ4n) is 2.63. The molecule has 5 heteroatoms. The molecule has 1 unspecified atom stereocenters. The van der Waals surface area contributed by atoms with Crippen molar-refractivity contribution in [2.45, 2.75) is 39.0 Å². The number of hydrogen-bond acceptors (Lipinski definition) is 3. The molecule has 3 rings (SSSR count). The van der Waals surface area contributed by atoms with E-state index >= 15 is 0 Å². The summed E-state index contributed by atoms with van der Waals surface area (Å²) in [5.74, 6) is -0.321. The van der Waals surface area contributed by atoms with Crippen LogP contribution in [0.25, 0.3) is 0 Å². The Hall–Kier alpha value is -1.36. The number of amides is 1. The topological polar surface area (TPSA) is 66.4 Å². The van der Waals surface area contributed by atoms with Gasteiger partial charge >= 0.3 is 5.97 Å². The number of anilines is 1. The molecule has 0 aliphatic heterocycles. The first kappa shape index (κ1) is 12.7. The molecule has 102 valence electrons. The summed E-state index contributed by atoms with van der Waals surface area (Å²) in [5.41, 5.74) is 1.28. The molecule has 19 heavy (non-hydrogen) atoms. The van der Waals surface area contributed by atoms with E-state index in [2.05, 4.69) is 12.2 Å². The predicted octanol–water partition coefficient (Wildman–Crippen LogP) is 2.92. The van der Waals surface area contributed by atoms with Gasteiger partial charge in [0, 0.05) is 10.8 Å². The van der Waals surface area contributed by atoms with E-state index < -0.39 is 5.97 Å². The van der Waals surface area contributed by atoms with Crippen molar-refractivity contribution in [3.05, 3.63) is 16.0 Å². The standard InChI is InChI=1S/C14H17NO3S/c1-7-2-5-10-9(6-7)11(14(17)18)13(19-10)15-12(16)8-3-4-8/h7-8H,2-6H2,1H3,(H,15,16)(H,17,18). The van der Waals surface area contributed by atoms with Crippen molar-refractivity contribution in [2.75, 3.05) is 5.32 Å². The Morgan fingerprint density at radius 1 is 1.32 bits per heavy atom. The highest BCUT2D eigenvalue weighted by Crippen LogP contribution is 2.40. The van der Waals surface area contributed by atoms with Gasteiger partial charge in [-0.1, -0.05) is 6.92 Å². The summed E-state index contributed by atoms with van der Waals surface area (Å²) in [4.78, 5) is 24.5. The number of aryl methyl sites for hydroxylation is 1. The lowest BCUT2D eigenvalue weighted by Gasteiger charge is -2.18. The fraction of sp³-hybridized carbons (Fsp3) is 0.571. The van der Waals surface area contributed by atoms with Crippen molar-refractivity contribution < 1.29 is 14.7 Å². The van der Waals surface area contributed by atoms with Gasteiger partial charge in [-0.2, -0.15) is 0 Å². The zero-order valence-corrected chi connectivity index (χ0v) is 11.7. The van der Waals surface area contributed by atoms with Crippen LogP contribution in [0.2, 0.25) is 0 Å². The van der Waals surface area contributed by atoms with Crippen LogP contribution >= 0.6 is 11.3 Å². The molecule has 0 saturated heterocycles. The van der Waals surface area contributed by atoms with Crippen LogP contribution in [-0.4, -0.2) is 17.0 Å². The van der Waals surface area contributed by atoms with Gasteiger partial charge in [-0.15, -0.1) is 11.3 Å². The van der Waals surface area contributed by atoms with Gasteiger partial charge in [0.05, 0.1) is 5.56 Å². The maximum Gasteiger partial charge on any atom is 0.339 e. The Morgan fingerprint density at radius 2 is 2.05 bits per heavy atom. The van der Waals surface area contributed by atoms with Gasteiger partial charge < -0.3 is 10.4 Å². The second kappa shape index (κ2) is 4.63. The minimum Gasteiger partial charge on any atom is -0.478 e. The normalized spacial score (nSPS) is 21.8. The zero-order chi connectivity index (χ0) is 13.6. The number of carboxylic acids is 1. The molecular weight excluding hydrogens is 262 g/mol. The molecular formula is C14H17NO3S. The molecule has 0 spiro atoms. The molecule has 0 radical (unpaired) electrons. The van der Waals surface area contributed by atoms with E-state index in [-0.39, 0.29) is 11.8 Å². The number of aromatic carboxylic acids is 1. The lowest BCUT2D eigenvalue weighted by atomic mass is 9.88. The van der Waals surface area contributed by atoms with Gasteiger partial charge in [0.1, 0.15) is 5.00 Å². The Labute approximate surface area is 115 Å². The van der Waals surface area contributed by atoms with E-state index in [4.69, 9.17) is 0 Å². The fourth-order valence-corrected chi connectivity index (χ4v) is 3.87. The van der Waals surface area contributed by atoms with Crippen molar-refractivity contribution in [3.8, 4) is 0 Å². The summed E-state index contributed by atoms with van der Waals surface area (Å²) in [7, 11) is 0. The number of carbonyl (C=O) groups excluding carboxylic acids is 1. The average molecular weight is 279 g/mol. The van der Waals surface area contributed by atoms with E-state index in [9.17, 15) is 14.7 Å². The maximum absolute atomic E-state index is 11.8. The third-order valence-corrected chi connectivity index (χ3v) is 5.11. The molecule has 1 aromatic heterocycles. The minimum atomic E-state index is -0.919. The lowest BCUT2D eigenvalue weighted by Crippen LogP contribution is -2.16. The number of rotatable bonds is 3. The zero-order valence-electron chi connectivity index (χ0n) is 10.9. The van der Waals surface area contributed by atoms with Crippen LogP contribution in [0.1, 0.15) is 47.0 Å². The largest absolute Gasteiger partial charge is 0.478 e. The Morgan fingerprint density at radius 3 is 2.68 bits per heavy atom. The molecule has 2 aliphatic carbocycles. The average Bonchev–Trinajstić information content (AvgIpc) is 3.11. The molecule has 1 atom stereocenters. The molecule has 1 heterocycles. The summed E-state index contributed by atoms with van der Waals surface area (Å²) in [6.45, 7) is 2.15. The first-order chi connectivity index (χ1) is 9.06. The first-order valence-corrected chi connectivity index (χ1v) is 7.56. The summed E-state index contributed by atoms with van der Waals surface area (Å²) >= 11 is 1.45. The summed E-state index contributed by atoms with van der Waals surface area (Å²) in [6, 6.07) is 0. The highest BCUT2D eigenvalue weighted by atomic mass is 32.1. The number of hydrogen-bond donors (Lipinski definition) is 2. The number of carboxylic acid groups (broad SMARTS) is 1. The van der Waals surface area contributed by atoms with Gasteiger partial charge in [0.2, 0.25) is 5.91 Å². The van der Waals surface area contributed by atoms with Crippen molar-refractivity contribution >= 4 is 28.2 Å². The smallest absolute Gasteiger partial charge is 0.339 e. The van der Waals surface area contributed by atoms with Crippen LogP contribution in [0.15, 0.2) is 0 Å². The number of fused-ring (bicyclic) bond motifs is 1. The van der Waals surface area contributed by atoms with E-state index in [1.165, 1.54) is 11.3 Å². The van der Waals surface area contributed by atoms with Gasteiger partial charge in [-0.05, 0) is 43.6 Å². The number of thiophene rings is 1. The minimum absolute atomic E-state index is 0.0193. The molecule has 0 bridgehead atoms. The second-order valence-electron chi connectivity index (χ2n) is 5.62. The van der Waals surface area contributed by atoms with Crippen LogP contribution in [0.4, 0.5) is 5.00 Å². The summed E-state index contributed by atoms with van der Waals surface area (Å²) in [6.07, 6.45) is 4.70. The highest BCUT2D eigenvalue weighted by molar-refractivity contribution is 7.17. The van der Waals surface area contributed by atoms with Crippen LogP contribution in [0, 0.1) is 11.8 Å². The lowest BCUT2D eigenvalue weighted by molar-refractivity contribution is -0.117. The van der Waals surface area contributed by atoms with Gasteiger partial charge in [0.25, 0.3) is 0 Å². The second-order valence-corrected chi connectivity index (χ2v) is 6.73. The predicted molar refractivity (Wildman–Crippen MR) is 73.8 cm³/mol. The molecule has 2 aliphatic rings. The van der Waals surface area contributed by atoms with Gasteiger partial charge in [-0.25, -0.2) is 4.79 Å². The Kier molecular flexibility index (Phi) is 3.09. The Bertz CT molecular complexity index is 545. The monoisotopic (exact) mass is 279 g/mol. The van der Waals surface area contributed by atoms with Crippen LogP contribution in [-0.2, 0) is 17.6 Å². The van der Waals surface area contributed by atoms with Crippen molar-refractivity contribution in [1.29, 1.82) is 0 Å². The quantitative estimate of drug-likeness (QED) is 0.894. The molecule has 4 nitrogen and oxygen atoms in total. The third-order valence-electron chi connectivity index (χ3n) is 3.91. The van der Waals surface area contributed by atoms with E-state index in [1.807, 2.05) is 0 Å². The summed E-state index contributed by atoms with van der Waals surface area (Å²) < 4.78 is 0. The number of nitrogens with one attached hydrogen (secondary N) is 1. The van der Waals surface area contributed by atoms with Crippen LogP contribution in [0.5, 0.6) is 0 Å². The SMILES string of the molecule is CC1CCc2sc(NC(=O)C3CC3)c(C(=O)O)c2C1. The van der Waals surface area contributed by atoms with Crippen LogP contribution in [0.3, 0.4) is 0 Å². The van der Waals surface area contributed by atoms with Crippen molar-refractivity contribution in [1.82, 2.24) is 0 Å². The van der Waals surface area contributed by atoms with Crippen molar-refractivity contribution in [2.24, 2.45) is 11.8 Å². The highest BCUT2D eigenvalue weighted by Gasteiger charge is 2.33. The molecule has 2 N–H and O–H groups in total.